The molecule has 0 spiro atoms. The molecule has 8 heteroatoms. The Morgan fingerprint density at radius 2 is 1.97 bits per heavy atom. The molecule has 2 aliphatic rings. The van der Waals surface area contributed by atoms with Crippen molar-refractivity contribution in [1.82, 2.24) is 19.4 Å². The molecule has 0 unspecified atom stereocenters. The van der Waals surface area contributed by atoms with E-state index in [0.717, 1.165) is 35.0 Å². The van der Waals surface area contributed by atoms with Crippen molar-refractivity contribution < 1.29 is 19.4 Å². The van der Waals surface area contributed by atoms with Crippen LogP contribution in [0.5, 0.6) is 0 Å². The number of β-amino-alcohol motifs (C(OH)–C–C–N with tert-alkyl or cyclic N) is 1. The van der Waals surface area contributed by atoms with E-state index in [2.05, 4.69) is 15.7 Å². The highest BCUT2D eigenvalue weighted by Crippen LogP contribution is 2.27. The second-order valence-electron chi connectivity index (χ2n) is 9.66. The number of aromatic nitrogens is 2. The minimum Gasteiger partial charge on any atom is -0.391 e. The molecule has 0 aliphatic carbocycles. The predicted molar refractivity (Wildman–Crippen MR) is 132 cm³/mol. The van der Waals surface area contributed by atoms with Gasteiger partial charge in [0, 0.05) is 61.2 Å². The first-order valence-corrected chi connectivity index (χ1v) is 12.3. The molecule has 2 saturated heterocycles. The smallest absolute Gasteiger partial charge is 0.255 e. The monoisotopic (exact) mass is 476 g/mol. The van der Waals surface area contributed by atoms with E-state index in [9.17, 15) is 14.7 Å². The van der Waals surface area contributed by atoms with Gasteiger partial charge < -0.3 is 24.2 Å². The fourth-order valence-electron chi connectivity index (χ4n) is 5.20. The molecular weight excluding hydrogens is 444 g/mol. The van der Waals surface area contributed by atoms with E-state index >= 15 is 0 Å². The number of pyridine rings is 1. The fraction of sp³-hybridized carbons (Fsp3) is 0.444. The highest BCUT2D eigenvalue weighted by atomic mass is 16.5. The first-order valence-electron chi connectivity index (χ1n) is 12.3. The van der Waals surface area contributed by atoms with Crippen LogP contribution >= 0.6 is 0 Å². The number of carbonyl (C=O) groups is 2. The maximum absolute atomic E-state index is 13.3. The number of piperidine rings is 1. The summed E-state index contributed by atoms with van der Waals surface area (Å²) in [6.45, 7) is 4.45. The first-order chi connectivity index (χ1) is 16.9. The Labute approximate surface area is 205 Å². The summed E-state index contributed by atoms with van der Waals surface area (Å²) < 4.78 is 7.82. The van der Waals surface area contributed by atoms with Crippen molar-refractivity contribution in [2.24, 2.45) is 7.05 Å². The molecule has 2 fully saturated rings. The average molecular weight is 477 g/mol. The molecule has 1 N–H and O–H groups in total. The third-order valence-corrected chi connectivity index (χ3v) is 7.10. The molecule has 8 nitrogen and oxygen atoms in total. The molecule has 5 rings (SSSR count). The summed E-state index contributed by atoms with van der Waals surface area (Å²) in [7, 11) is 1.99. The van der Waals surface area contributed by atoms with Crippen molar-refractivity contribution in [1.29, 1.82) is 0 Å². The average Bonchev–Trinajstić information content (AvgIpc) is 3.18. The van der Waals surface area contributed by atoms with Crippen molar-refractivity contribution >= 4 is 22.7 Å². The summed E-state index contributed by atoms with van der Waals surface area (Å²) in [4.78, 5) is 34.3. The van der Waals surface area contributed by atoms with Crippen molar-refractivity contribution in [2.75, 3.05) is 32.8 Å². The number of hydrogen-bond acceptors (Lipinski definition) is 5. The van der Waals surface area contributed by atoms with Crippen LogP contribution in [0.4, 0.5) is 0 Å². The molecule has 0 radical (unpaired) electrons. The number of aliphatic hydroxyl groups is 1. The van der Waals surface area contributed by atoms with Gasteiger partial charge in [0.15, 0.2) is 0 Å². The lowest BCUT2D eigenvalue weighted by Gasteiger charge is -2.35. The maximum Gasteiger partial charge on any atom is 0.255 e. The number of likely N-dealkylation sites (tertiary alicyclic amines) is 1. The van der Waals surface area contributed by atoms with Gasteiger partial charge in [0.1, 0.15) is 0 Å². The normalized spacial score (nSPS) is 20.9. The summed E-state index contributed by atoms with van der Waals surface area (Å²) in [5.74, 6) is -0.0873. The Hall–Kier alpha value is -3.23. The summed E-state index contributed by atoms with van der Waals surface area (Å²) in [5.41, 5.74) is 4.19. The van der Waals surface area contributed by atoms with Crippen LogP contribution in [0.1, 0.15) is 44.8 Å². The number of benzene rings is 1. The molecule has 0 bridgehead atoms. The minimum absolute atomic E-state index is 0.0365. The van der Waals surface area contributed by atoms with E-state index in [1.807, 2.05) is 49.2 Å². The molecule has 35 heavy (non-hydrogen) atoms. The van der Waals surface area contributed by atoms with Crippen LogP contribution in [0.25, 0.3) is 10.9 Å². The number of ether oxygens (including phenoxy) is 1. The number of amides is 2. The number of fused-ring (bicyclic) bond motifs is 1. The molecule has 1 aromatic carbocycles. The van der Waals surface area contributed by atoms with E-state index in [-0.39, 0.29) is 17.9 Å². The quantitative estimate of drug-likeness (QED) is 0.625. The lowest BCUT2D eigenvalue weighted by molar-refractivity contribution is -0.00158. The van der Waals surface area contributed by atoms with Crippen LogP contribution in [0.3, 0.4) is 0 Å². The van der Waals surface area contributed by atoms with Crippen molar-refractivity contribution in [2.45, 2.75) is 38.3 Å². The Balaban J connectivity index is 1.41. The Kier molecular flexibility index (Phi) is 6.58. The van der Waals surface area contributed by atoms with E-state index in [1.54, 1.807) is 11.1 Å². The molecule has 2 amide bonds. The van der Waals surface area contributed by atoms with Gasteiger partial charge in [-0.2, -0.15) is 0 Å². The molecule has 184 valence electrons. The van der Waals surface area contributed by atoms with Gasteiger partial charge in [0.2, 0.25) is 0 Å². The molecule has 2 aliphatic heterocycles. The number of nitrogens with zero attached hydrogens (tertiary/aromatic N) is 4. The van der Waals surface area contributed by atoms with Crippen LogP contribution in [0, 0.1) is 6.92 Å². The topological polar surface area (TPSA) is 87.9 Å². The van der Waals surface area contributed by atoms with Gasteiger partial charge in [-0.25, -0.2) is 0 Å². The number of rotatable bonds is 4. The summed E-state index contributed by atoms with van der Waals surface area (Å²) in [6, 6.07) is 9.36. The molecule has 2 atom stereocenters. The van der Waals surface area contributed by atoms with Crippen LogP contribution in [-0.4, -0.2) is 81.3 Å². The summed E-state index contributed by atoms with van der Waals surface area (Å²) in [6.07, 6.45) is 5.44. The second-order valence-corrected chi connectivity index (χ2v) is 9.66. The van der Waals surface area contributed by atoms with Crippen LogP contribution in [0.2, 0.25) is 0 Å². The first kappa shape index (κ1) is 23.5. The van der Waals surface area contributed by atoms with Gasteiger partial charge in [-0.05, 0) is 62.1 Å². The zero-order chi connectivity index (χ0) is 24.5. The van der Waals surface area contributed by atoms with Gasteiger partial charge in [0.25, 0.3) is 11.8 Å². The van der Waals surface area contributed by atoms with Gasteiger partial charge >= 0.3 is 0 Å². The van der Waals surface area contributed by atoms with E-state index in [1.165, 1.54) is 0 Å². The fourth-order valence-corrected chi connectivity index (χ4v) is 5.20. The Bertz CT molecular complexity index is 1240. The zero-order valence-corrected chi connectivity index (χ0v) is 20.3. The molecular formula is C27H32N4O4. The third kappa shape index (κ3) is 4.81. The van der Waals surface area contributed by atoms with Crippen LogP contribution < -0.4 is 0 Å². The van der Waals surface area contributed by atoms with Gasteiger partial charge in [-0.3, -0.25) is 14.6 Å². The zero-order valence-electron chi connectivity index (χ0n) is 20.3. The molecule has 3 aromatic rings. The maximum atomic E-state index is 13.3. The Morgan fingerprint density at radius 3 is 2.74 bits per heavy atom. The largest absolute Gasteiger partial charge is 0.391 e. The van der Waals surface area contributed by atoms with Crippen molar-refractivity contribution in [3.8, 4) is 0 Å². The standard InChI is InChI=1S/C27H32N4O4/c1-18-5-6-20(14-28-18)27(34)31-10-11-35-17-22(31)12-21-15-29(2)25-8-7-19(13-24(21)25)26(33)30-9-3-4-23(32)16-30/h5-8,13-15,22-23,32H,3-4,9-12,16-17H2,1-2H3/t22-,23+/m0/s1. The summed E-state index contributed by atoms with van der Waals surface area (Å²) >= 11 is 0. The third-order valence-electron chi connectivity index (χ3n) is 7.10. The van der Waals surface area contributed by atoms with E-state index in [0.29, 0.717) is 50.4 Å². The van der Waals surface area contributed by atoms with Crippen molar-refractivity contribution in [3.63, 3.8) is 0 Å². The van der Waals surface area contributed by atoms with Crippen LogP contribution in [0.15, 0.2) is 42.7 Å². The molecule has 4 heterocycles. The molecule has 2 aromatic heterocycles. The number of morpholine rings is 1. The number of aryl methyl sites for hydroxylation is 2. The van der Waals surface area contributed by atoms with E-state index in [4.69, 9.17) is 4.74 Å². The van der Waals surface area contributed by atoms with Gasteiger partial charge in [-0.1, -0.05) is 0 Å². The van der Waals surface area contributed by atoms with E-state index < -0.39 is 6.10 Å². The minimum atomic E-state index is -0.456. The Morgan fingerprint density at radius 1 is 1.14 bits per heavy atom. The molecule has 0 saturated carbocycles. The summed E-state index contributed by atoms with van der Waals surface area (Å²) in [5, 5.41) is 11.0. The number of aliphatic hydroxyl groups excluding tert-OH is 1. The number of carbonyl (C=O) groups excluding carboxylic acids is 2. The predicted octanol–water partition coefficient (Wildman–Crippen LogP) is 2.56. The highest BCUT2D eigenvalue weighted by molar-refractivity contribution is 5.99. The lowest BCUT2D eigenvalue weighted by Crippen LogP contribution is -2.49. The van der Waals surface area contributed by atoms with Gasteiger partial charge in [0.05, 0.1) is 30.9 Å². The lowest BCUT2D eigenvalue weighted by atomic mass is 10.0. The highest BCUT2D eigenvalue weighted by Gasteiger charge is 2.30. The number of hydrogen-bond donors (Lipinski definition) is 1. The van der Waals surface area contributed by atoms with Crippen LogP contribution in [-0.2, 0) is 18.2 Å². The SMILES string of the molecule is Cc1ccc(C(=O)N2CCOC[C@@H]2Cc2cn(C)c3ccc(C(=O)N4CCC[C@@H](O)C4)cc23)cn1. The second kappa shape index (κ2) is 9.79. The van der Waals surface area contributed by atoms with Gasteiger partial charge in [-0.15, -0.1) is 0 Å². The van der Waals surface area contributed by atoms with Crippen molar-refractivity contribution in [3.05, 3.63) is 65.1 Å².